The van der Waals surface area contributed by atoms with Crippen LogP contribution in [0.1, 0.15) is 90.5 Å². The number of piperidine rings is 1. The zero-order valence-electron chi connectivity index (χ0n) is 23.8. The summed E-state index contributed by atoms with van der Waals surface area (Å²) in [5, 5.41) is 10.1. The maximum atomic E-state index is 13.7. The average Bonchev–Trinajstić information content (AvgIpc) is 3.45. The fourth-order valence-corrected chi connectivity index (χ4v) is 6.54. The van der Waals surface area contributed by atoms with Crippen LogP contribution in [-0.4, -0.2) is 53.8 Å². The molecule has 0 aromatic heterocycles. The van der Waals surface area contributed by atoms with Gasteiger partial charge in [0.15, 0.2) is 0 Å². The van der Waals surface area contributed by atoms with Crippen LogP contribution < -0.4 is 16.0 Å². The molecule has 0 unspecified atom stereocenters. The molecule has 4 rings (SSSR count). The Hall–Kier alpha value is -2.38. The van der Waals surface area contributed by atoms with Gasteiger partial charge in [-0.15, -0.1) is 0 Å². The van der Waals surface area contributed by atoms with E-state index in [0.29, 0.717) is 42.6 Å². The summed E-state index contributed by atoms with van der Waals surface area (Å²) in [6.07, 6.45) is 10.8. The molecule has 8 heteroatoms. The van der Waals surface area contributed by atoms with E-state index >= 15 is 0 Å². The Morgan fingerprint density at radius 3 is 2.28 bits per heavy atom. The van der Waals surface area contributed by atoms with Gasteiger partial charge in [-0.25, -0.2) is 0 Å². The standard InChI is InChI=1S/C31H45ClN4O3/c1-30(2,3)35-29(39)31(23-8-5-4-6-9-23)15-18-36(19-16-31)27(37)21-25(20-22-11-13-24(32)14-12-22)34-28(38)26-10-7-17-33-26/h11-14,20,23,26,33H,4-10,15-19,21H2,1-3H3,(H,34,38)(H,35,39)/b25-20-/t26-/m1/s1. The Kier molecular flexibility index (Phi) is 9.76. The Labute approximate surface area is 238 Å². The molecule has 1 atom stereocenters. The van der Waals surface area contributed by atoms with Crippen molar-refractivity contribution < 1.29 is 14.4 Å². The molecule has 0 spiro atoms. The number of carbonyl (C=O) groups is 3. The number of rotatable bonds is 7. The van der Waals surface area contributed by atoms with Gasteiger partial charge in [0.1, 0.15) is 0 Å². The number of hydrogen-bond donors (Lipinski definition) is 3. The maximum Gasteiger partial charge on any atom is 0.241 e. The molecule has 3 N–H and O–H groups in total. The number of nitrogens with one attached hydrogen (secondary N) is 3. The number of amides is 3. The Bertz CT molecular complexity index is 1040. The zero-order chi connectivity index (χ0) is 28.0. The van der Waals surface area contributed by atoms with Gasteiger partial charge in [-0.05, 0) is 95.5 Å². The van der Waals surface area contributed by atoms with Crippen LogP contribution in [0, 0.1) is 11.3 Å². The van der Waals surface area contributed by atoms with E-state index in [-0.39, 0.29) is 35.7 Å². The minimum absolute atomic E-state index is 0.0247. The van der Waals surface area contributed by atoms with Gasteiger partial charge in [0.25, 0.3) is 0 Å². The molecule has 3 aliphatic rings. The van der Waals surface area contributed by atoms with Crippen LogP contribution in [0.5, 0.6) is 0 Å². The first kappa shape index (κ1) is 29.6. The van der Waals surface area contributed by atoms with E-state index in [0.717, 1.165) is 37.8 Å². The zero-order valence-corrected chi connectivity index (χ0v) is 24.5. The van der Waals surface area contributed by atoms with Crippen molar-refractivity contribution in [2.75, 3.05) is 19.6 Å². The summed E-state index contributed by atoms with van der Waals surface area (Å²) in [4.78, 5) is 42.0. The first-order valence-electron chi connectivity index (χ1n) is 14.7. The van der Waals surface area contributed by atoms with Crippen LogP contribution in [0.4, 0.5) is 0 Å². The molecule has 2 heterocycles. The van der Waals surface area contributed by atoms with E-state index in [1.807, 2.05) is 43.9 Å². The monoisotopic (exact) mass is 556 g/mol. The quantitative estimate of drug-likeness (QED) is 0.439. The first-order valence-corrected chi connectivity index (χ1v) is 15.0. The summed E-state index contributed by atoms with van der Waals surface area (Å²) in [6, 6.07) is 7.11. The molecule has 0 bridgehead atoms. The molecule has 214 valence electrons. The fourth-order valence-electron chi connectivity index (χ4n) is 6.42. The van der Waals surface area contributed by atoms with Gasteiger partial charge in [0.05, 0.1) is 17.9 Å². The van der Waals surface area contributed by atoms with Gasteiger partial charge in [-0.3, -0.25) is 14.4 Å². The summed E-state index contributed by atoms with van der Waals surface area (Å²) < 4.78 is 0. The minimum atomic E-state index is -0.422. The second kappa shape index (κ2) is 12.9. The lowest BCUT2D eigenvalue weighted by Crippen LogP contribution is -2.57. The van der Waals surface area contributed by atoms with Crippen molar-refractivity contribution in [2.45, 2.75) is 96.6 Å². The average molecular weight is 557 g/mol. The molecule has 1 aromatic carbocycles. The van der Waals surface area contributed by atoms with Crippen LogP contribution in [0.25, 0.3) is 6.08 Å². The van der Waals surface area contributed by atoms with Gasteiger partial charge < -0.3 is 20.9 Å². The van der Waals surface area contributed by atoms with E-state index in [2.05, 4.69) is 16.0 Å². The number of halogens is 1. The van der Waals surface area contributed by atoms with Crippen molar-refractivity contribution in [1.82, 2.24) is 20.9 Å². The number of nitrogens with zero attached hydrogens (tertiary/aromatic N) is 1. The number of benzene rings is 1. The third-order valence-corrected chi connectivity index (χ3v) is 8.80. The Balaban J connectivity index is 1.46. The van der Waals surface area contributed by atoms with Crippen molar-refractivity contribution >= 4 is 35.4 Å². The van der Waals surface area contributed by atoms with E-state index in [1.54, 1.807) is 12.1 Å². The lowest BCUT2D eigenvalue weighted by molar-refractivity contribution is -0.146. The lowest BCUT2D eigenvalue weighted by Gasteiger charge is -2.47. The molecular weight excluding hydrogens is 512 g/mol. The fraction of sp³-hybridized carbons (Fsp3) is 0.645. The number of likely N-dealkylation sites (tertiary alicyclic amines) is 1. The summed E-state index contributed by atoms with van der Waals surface area (Å²) in [7, 11) is 0. The number of carbonyl (C=O) groups excluding carboxylic acids is 3. The van der Waals surface area contributed by atoms with Crippen molar-refractivity contribution in [3.05, 3.63) is 40.5 Å². The van der Waals surface area contributed by atoms with E-state index in [4.69, 9.17) is 11.6 Å². The normalized spacial score (nSPS) is 22.4. The lowest BCUT2D eigenvalue weighted by atomic mass is 9.63. The smallest absolute Gasteiger partial charge is 0.241 e. The van der Waals surface area contributed by atoms with E-state index < -0.39 is 5.41 Å². The van der Waals surface area contributed by atoms with Crippen LogP contribution in [0.15, 0.2) is 30.0 Å². The van der Waals surface area contributed by atoms with E-state index in [9.17, 15) is 14.4 Å². The Morgan fingerprint density at radius 1 is 1.03 bits per heavy atom. The molecule has 3 amide bonds. The van der Waals surface area contributed by atoms with Crippen molar-refractivity contribution in [3.8, 4) is 0 Å². The SMILES string of the molecule is CC(C)(C)NC(=O)C1(C2CCCCC2)CCN(C(=O)C/C(=C/c2ccc(Cl)cc2)NC(=O)[C@H]2CCCN2)CC1. The van der Waals surface area contributed by atoms with Gasteiger partial charge in [-0.2, -0.15) is 0 Å². The molecule has 2 aliphatic heterocycles. The minimum Gasteiger partial charge on any atom is -0.351 e. The summed E-state index contributed by atoms with van der Waals surface area (Å²) in [5.41, 5.74) is 0.736. The predicted octanol–water partition coefficient (Wildman–Crippen LogP) is 5.04. The molecule has 39 heavy (non-hydrogen) atoms. The molecule has 0 radical (unpaired) electrons. The largest absolute Gasteiger partial charge is 0.351 e. The third kappa shape index (κ3) is 7.85. The predicted molar refractivity (Wildman–Crippen MR) is 156 cm³/mol. The van der Waals surface area contributed by atoms with Crippen LogP contribution in [-0.2, 0) is 14.4 Å². The molecule has 1 aromatic rings. The molecule has 2 saturated heterocycles. The van der Waals surface area contributed by atoms with Crippen molar-refractivity contribution in [2.24, 2.45) is 11.3 Å². The second-order valence-electron chi connectivity index (χ2n) is 12.6. The van der Waals surface area contributed by atoms with Gasteiger partial charge in [0.2, 0.25) is 17.7 Å². The highest BCUT2D eigenvalue weighted by atomic mass is 35.5. The van der Waals surface area contributed by atoms with Crippen molar-refractivity contribution in [1.29, 1.82) is 0 Å². The highest BCUT2D eigenvalue weighted by molar-refractivity contribution is 6.30. The van der Waals surface area contributed by atoms with Gasteiger partial charge >= 0.3 is 0 Å². The van der Waals surface area contributed by atoms with Gasteiger partial charge in [0, 0.05) is 29.3 Å². The molecule has 1 aliphatic carbocycles. The highest BCUT2D eigenvalue weighted by Crippen LogP contribution is 2.46. The molecule has 7 nitrogen and oxygen atoms in total. The summed E-state index contributed by atoms with van der Waals surface area (Å²) in [5.74, 6) is 0.385. The topological polar surface area (TPSA) is 90.5 Å². The van der Waals surface area contributed by atoms with Crippen LogP contribution in [0.3, 0.4) is 0 Å². The second-order valence-corrected chi connectivity index (χ2v) is 13.0. The molecule has 3 fully saturated rings. The summed E-state index contributed by atoms with van der Waals surface area (Å²) >= 11 is 6.05. The third-order valence-electron chi connectivity index (χ3n) is 8.55. The van der Waals surface area contributed by atoms with Gasteiger partial charge in [-0.1, -0.05) is 43.0 Å². The maximum absolute atomic E-state index is 13.7. The Morgan fingerprint density at radius 2 is 1.69 bits per heavy atom. The van der Waals surface area contributed by atoms with E-state index in [1.165, 1.54) is 19.3 Å². The van der Waals surface area contributed by atoms with Crippen LogP contribution in [0.2, 0.25) is 5.02 Å². The number of hydrogen-bond acceptors (Lipinski definition) is 4. The molecule has 1 saturated carbocycles. The van der Waals surface area contributed by atoms with Crippen molar-refractivity contribution in [3.63, 3.8) is 0 Å². The first-order chi connectivity index (χ1) is 18.6. The molecular formula is C31H45ClN4O3. The van der Waals surface area contributed by atoms with Crippen LogP contribution >= 0.6 is 11.6 Å². The highest BCUT2D eigenvalue weighted by Gasteiger charge is 2.48. The summed E-state index contributed by atoms with van der Waals surface area (Å²) in [6.45, 7) is 8.03.